The third-order valence-electron chi connectivity index (χ3n) is 3.25. The second-order valence-electron chi connectivity index (χ2n) is 4.59. The number of halogens is 3. The first-order chi connectivity index (χ1) is 9.00. The highest BCUT2D eigenvalue weighted by molar-refractivity contribution is 6.21. The molecule has 0 saturated heterocycles. The second-order valence-corrected chi connectivity index (χ2v) is 5.06. The van der Waals surface area contributed by atoms with Gasteiger partial charge in [-0.15, -0.1) is 11.6 Å². The number of alkyl halides is 1. The lowest BCUT2D eigenvalue weighted by atomic mass is 9.93. The lowest BCUT2D eigenvalue weighted by Crippen LogP contribution is -2.06. The van der Waals surface area contributed by atoms with Gasteiger partial charge < -0.3 is 0 Å². The molecule has 2 unspecified atom stereocenters. The van der Waals surface area contributed by atoms with Crippen LogP contribution in [-0.2, 0) is 0 Å². The summed E-state index contributed by atoms with van der Waals surface area (Å²) < 4.78 is 27.1. The summed E-state index contributed by atoms with van der Waals surface area (Å²) in [5.74, 6) is -1.25. The first-order valence-corrected chi connectivity index (χ1v) is 6.44. The molecule has 0 saturated carbocycles. The molecule has 100 valence electrons. The number of aromatic nitrogens is 1. The zero-order valence-electron chi connectivity index (χ0n) is 10.7. The van der Waals surface area contributed by atoms with Gasteiger partial charge in [0.2, 0.25) is 0 Å². The van der Waals surface area contributed by atoms with Crippen molar-refractivity contribution < 1.29 is 8.78 Å². The van der Waals surface area contributed by atoms with Crippen molar-refractivity contribution in [3.63, 3.8) is 0 Å². The molecule has 0 bridgehead atoms. The molecule has 0 aliphatic carbocycles. The number of hydrogen-bond donors (Lipinski definition) is 0. The molecule has 0 N–H and O–H groups in total. The molecular weight excluding hydrogens is 268 g/mol. The van der Waals surface area contributed by atoms with E-state index < -0.39 is 17.0 Å². The number of hydrogen-bond acceptors (Lipinski definition) is 1. The van der Waals surface area contributed by atoms with Crippen molar-refractivity contribution in [1.82, 2.24) is 4.98 Å². The van der Waals surface area contributed by atoms with E-state index in [1.807, 2.05) is 19.1 Å². The van der Waals surface area contributed by atoms with Crippen molar-refractivity contribution in [2.24, 2.45) is 0 Å². The summed E-state index contributed by atoms with van der Waals surface area (Å²) in [5.41, 5.74) is 1.69. The van der Waals surface area contributed by atoms with Gasteiger partial charge in [0.25, 0.3) is 0 Å². The van der Waals surface area contributed by atoms with Gasteiger partial charge in [0.15, 0.2) is 0 Å². The standard InChI is InChI=1S/C15H14ClF2N/c1-9-7-12(14(18)8-13(9)17)15(16)10(2)11-3-5-19-6-4-11/h3-8,10,15H,1-2H3. The van der Waals surface area contributed by atoms with Crippen LogP contribution in [0.3, 0.4) is 0 Å². The van der Waals surface area contributed by atoms with E-state index in [2.05, 4.69) is 4.98 Å². The molecule has 1 aromatic carbocycles. The molecule has 19 heavy (non-hydrogen) atoms. The average Bonchev–Trinajstić information content (AvgIpc) is 2.42. The molecule has 0 aliphatic heterocycles. The van der Waals surface area contributed by atoms with Gasteiger partial charge in [-0.1, -0.05) is 6.92 Å². The van der Waals surface area contributed by atoms with E-state index in [9.17, 15) is 8.78 Å². The molecular formula is C15H14ClF2N. The summed E-state index contributed by atoms with van der Waals surface area (Å²) in [5, 5.41) is -0.554. The van der Waals surface area contributed by atoms with Crippen LogP contribution < -0.4 is 0 Å². The van der Waals surface area contributed by atoms with Crippen LogP contribution in [0.2, 0.25) is 0 Å². The fraction of sp³-hybridized carbons (Fsp3) is 0.267. The summed E-state index contributed by atoms with van der Waals surface area (Å²) in [7, 11) is 0. The maximum absolute atomic E-state index is 13.8. The number of nitrogens with zero attached hydrogens (tertiary/aromatic N) is 1. The third kappa shape index (κ3) is 2.92. The van der Waals surface area contributed by atoms with Gasteiger partial charge in [-0.25, -0.2) is 8.78 Å². The Balaban J connectivity index is 2.34. The minimum Gasteiger partial charge on any atom is -0.265 e. The largest absolute Gasteiger partial charge is 0.265 e. The highest BCUT2D eigenvalue weighted by Crippen LogP contribution is 2.37. The maximum Gasteiger partial charge on any atom is 0.130 e. The van der Waals surface area contributed by atoms with E-state index >= 15 is 0 Å². The SMILES string of the molecule is Cc1cc(C(Cl)C(C)c2ccncc2)c(F)cc1F. The van der Waals surface area contributed by atoms with Crippen molar-refractivity contribution in [2.45, 2.75) is 25.1 Å². The molecule has 0 radical (unpaired) electrons. The second kappa shape index (κ2) is 5.66. The molecule has 2 atom stereocenters. The minimum atomic E-state index is -0.607. The molecule has 1 nitrogen and oxygen atoms in total. The number of benzene rings is 1. The third-order valence-corrected chi connectivity index (χ3v) is 3.86. The van der Waals surface area contributed by atoms with Gasteiger partial charge in [-0.2, -0.15) is 0 Å². The van der Waals surface area contributed by atoms with Crippen LogP contribution >= 0.6 is 11.6 Å². The fourth-order valence-corrected chi connectivity index (χ4v) is 2.31. The molecule has 1 heterocycles. The van der Waals surface area contributed by atoms with Gasteiger partial charge in [0, 0.05) is 29.9 Å². The Hall–Kier alpha value is -1.48. The number of rotatable bonds is 3. The molecule has 4 heteroatoms. The van der Waals surface area contributed by atoms with Crippen LogP contribution in [0.5, 0.6) is 0 Å². The van der Waals surface area contributed by atoms with Crippen molar-refractivity contribution in [1.29, 1.82) is 0 Å². The number of pyridine rings is 1. The molecule has 0 fully saturated rings. The molecule has 0 amide bonds. The van der Waals surface area contributed by atoms with Crippen LogP contribution in [-0.4, -0.2) is 4.98 Å². The van der Waals surface area contributed by atoms with E-state index in [-0.39, 0.29) is 5.92 Å². The topological polar surface area (TPSA) is 12.9 Å². The maximum atomic E-state index is 13.8. The molecule has 2 rings (SSSR count). The number of aryl methyl sites for hydroxylation is 1. The Labute approximate surface area is 116 Å². The summed E-state index contributed by atoms with van der Waals surface area (Å²) in [6.07, 6.45) is 3.34. The zero-order valence-corrected chi connectivity index (χ0v) is 11.5. The average molecular weight is 282 g/mol. The summed E-state index contributed by atoms with van der Waals surface area (Å²) in [6.45, 7) is 3.50. The van der Waals surface area contributed by atoms with Gasteiger partial charge in [-0.05, 0) is 36.2 Å². The van der Waals surface area contributed by atoms with Crippen LogP contribution in [0.1, 0.15) is 34.9 Å². The van der Waals surface area contributed by atoms with Crippen LogP contribution in [0, 0.1) is 18.6 Å². The minimum absolute atomic E-state index is 0.0935. The lowest BCUT2D eigenvalue weighted by molar-refractivity contribution is 0.557. The van der Waals surface area contributed by atoms with E-state index in [1.165, 1.54) is 6.07 Å². The van der Waals surface area contributed by atoms with Crippen LogP contribution in [0.4, 0.5) is 8.78 Å². The monoisotopic (exact) mass is 281 g/mol. The van der Waals surface area contributed by atoms with E-state index in [0.717, 1.165) is 11.6 Å². The van der Waals surface area contributed by atoms with Crippen molar-refractivity contribution >= 4 is 11.6 Å². The first-order valence-electron chi connectivity index (χ1n) is 6.00. The fourth-order valence-electron chi connectivity index (χ4n) is 2.00. The Kier molecular flexibility index (Phi) is 4.15. The Morgan fingerprint density at radius 1 is 1.11 bits per heavy atom. The van der Waals surface area contributed by atoms with Crippen LogP contribution in [0.15, 0.2) is 36.7 Å². The van der Waals surface area contributed by atoms with Crippen LogP contribution in [0.25, 0.3) is 0 Å². The molecule has 0 aliphatic rings. The molecule has 0 spiro atoms. The summed E-state index contributed by atoms with van der Waals surface area (Å²) >= 11 is 6.34. The quantitative estimate of drug-likeness (QED) is 0.740. The van der Waals surface area contributed by atoms with Gasteiger partial charge in [0.05, 0.1) is 5.38 Å². The zero-order chi connectivity index (χ0) is 14.0. The van der Waals surface area contributed by atoms with Gasteiger partial charge >= 0.3 is 0 Å². The predicted molar refractivity (Wildman–Crippen MR) is 72.3 cm³/mol. The summed E-state index contributed by atoms with van der Waals surface area (Å²) in [4.78, 5) is 3.94. The van der Waals surface area contributed by atoms with Crippen molar-refractivity contribution in [3.8, 4) is 0 Å². The highest BCUT2D eigenvalue weighted by Gasteiger charge is 2.22. The van der Waals surface area contributed by atoms with Gasteiger partial charge in [-0.3, -0.25) is 4.98 Å². The highest BCUT2D eigenvalue weighted by atomic mass is 35.5. The van der Waals surface area contributed by atoms with Gasteiger partial charge in [0.1, 0.15) is 11.6 Å². The lowest BCUT2D eigenvalue weighted by Gasteiger charge is -2.19. The molecule has 2 aromatic rings. The molecule has 1 aromatic heterocycles. The van der Waals surface area contributed by atoms with E-state index in [0.29, 0.717) is 11.1 Å². The Bertz CT molecular complexity index is 572. The first kappa shape index (κ1) is 13.9. The van der Waals surface area contributed by atoms with E-state index in [4.69, 9.17) is 11.6 Å². The Morgan fingerprint density at radius 2 is 1.74 bits per heavy atom. The smallest absolute Gasteiger partial charge is 0.130 e. The van der Waals surface area contributed by atoms with E-state index in [1.54, 1.807) is 19.3 Å². The normalized spacial score (nSPS) is 14.2. The van der Waals surface area contributed by atoms with Crippen molar-refractivity contribution in [2.75, 3.05) is 0 Å². The predicted octanol–water partition coefficient (Wildman–Crippen LogP) is 4.75. The Morgan fingerprint density at radius 3 is 2.37 bits per heavy atom. The van der Waals surface area contributed by atoms with Crippen molar-refractivity contribution in [3.05, 3.63) is 65.0 Å². The summed E-state index contributed by atoms with van der Waals surface area (Å²) in [6, 6.07) is 6.04.